The van der Waals surface area contributed by atoms with E-state index in [0.29, 0.717) is 39.0 Å². The van der Waals surface area contributed by atoms with Gasteiger partial charge in [0.1, 0.15) is 6.04 Å². The molecule has 278 valence electrons. The normalized spacial score (nSPS) is 18.4. The van der Waals surface area contributed by atoms with Gasteiger partial charge in [-0.05, 0) is 44.1 Å². The van der Waals surface area contributed by atoms with Gasteiger partial charge in [0.15, 0.2) is 0 Å². The summed E-state index contributed by atoms with van der Waals surface area (Å²) in [5.74, 6) is -0.974. The van der Waals surface area contributed by atoms with Crippen molar-refractivity contribution in [1.82, 2.24) is 20.4 Å². The summed E-state index contributed by atoms with van der Waals surface area (Å²) in [6.45, 7) is 15.1. The molecule has 0 radical (unpaired) electrons. The zero-order chi connectivity index (χ0) is 36.7. The van der Waals surface area contributed by atoms with Gasteiger partial charge in [0, 0.05) is 47.2 Å². The Bertz CT molecular complexity index is 1160. The highest BCUT2D eigenvalue weighted by Gasteiger charge is 2.42. The number of ether oxygens (including phenoxy) is 3. The van der Waals surface area contributed by atoms with Crippen molar-refractivity contribution >= 4 is 23.6 Å². The molecule has 1 aromatic carbocycles. The van der Waals surface area contributed by atoms with E-state index in [1.54, 1.807) is 26.0 Å². The number of carbonyl (C=O) groups excluding carboxylic acids is 4. The Hall–Kier alpha value is -3.02. The Balaban J connectivity index is 2.20. The average molecular weight is 689 g/mol. The molecule has 2 N–H and O–H groups in total. The van der Waals surface area contributed by atoms with Crippen LogP contribution in [0.4, 0.5) is 0 Å². The van der Waals surface area contributed by atoms with Crippen LogP contribution in [0.25, 0.3) is 0 Å². The second kappa shape index (κ2) is 21.3. The monoisotopic (exact) mass is 688 g/mol. The Labute approximate surface area is 295 Å². The SMILES string of the molecule is CC[C@H](C)C([C@@H](CC(=O)N1CCC[C@H]1[C@H](OC)[C@@H](C)C(=O)N[C@@H](Cc1ccccc1)C(=O)NCCOC(C)C)OC)N(C)C(=O)CC(C)C. The summed E-state index contributed by atoms with van der Waals surface area (Å²) in [5, 5.41) is 5.87. The smallest absolute Gasteiger partial charge is 0.243 e. The van der Waals surface area contributed by atoms with Gasteiger partial charge in [-0.1, -0.05) is 71.4 Å². The lowest BCUT2D eigenvalue weighted by Crippen LogP contribution is -2.55. The van der Waals surface area contributed by atoms with Crippen LogP contribution >= 0.6 is 0 Å². The molecule has 0 aliphatic carbocycles. The quantitative estimate of drug-likeness (QED) is 0.185. The van der Waals surface area contributed by atoms with Gasteiger partial charge in [0.25, 0.3) is 0 Å². The van der Waals surface area contributed by atoms with Crippen molar-refractivity contribution in [2.75, 3.05) is 41.0 Å². The Morgan fingerprint density at radius 1 is 0.959 bits per heavy atom. The minimum absolute atomic E-state index is 0.0382. The molecule has 1 unspecified atom stereocenters. The number of likely N-dealkylation sites (tertiary alicyclic amines) is 1. The highest BCUT2D eigenvalue weighted by Crippen LogP contribution is 2.29. The molecule has 1 saturated heterocycles. The minimum atomic E-state index is -0.800. The molecule has 1 aliphatic heterocycles. The first kappa shape index (κ1) is 42.1. The van der Waals surface area contributed by atoms with E-state index in [9.17, 15) is 19.2 Å². The third kappa shape index (κ3) is 13.0. The number of methoxy groups -OCH3 is 2. The molecule has 11 nitrogen and oxygen atoms in total. The molecule has 1 aliphatic rings. The highest BCUT2D eigenvalue weighted by molar-refractivity contribution is 5.89. The van der Waals surface area contributed by atoms with Crippen LogP contribution in [0.5, 0.6) is 0 Å². The maximum atomic E-state index is 14.0. The van der Waals surface area contributed by atoms with Gasteiger partial charge < -0.3 is 34.6 Å². The Morgan fingerprint density at radius 2 is 1.63 bits per heavy atom. The molecule has 1 heterocycles. The van der Waals surface area contributed by atoms with Gasteiger partial charge in [0.05, 0.1) is 49.3 Å². The summed E-state index contributed by atoms with van der Waals surface area (Å²) in [6.07, 6.45) is 2.13. The van der Waals surface area contributed by atoms with Gasteiger partial charge in [0.2, 0.25) is 23.6 Å². The van der Waals surface area contributed by atoms with Crippen LogP contribution in [0.3, 0.4) is 0 Å². The third-order valence-electron chi connectivity index (χ3n) is 9.66. The lowest BCUT2D eigenvalue weighted by Gasteiger charge is -2.39. The average Bonchev–Trinajstić information content (AvgIpc) is 3.55. The van der Waals surface area contributed by atoms with Crippen molar-refractivity contribution in [3.8, 4) is 0 Å². The van der Waals surface area contributed by atoms with Gasteiger partial charge in [-0.2, -0.15) is 0 Å². The molecule has 0 spiro atoms. The van der Waals surface area contributed by atoms with Crippen LogP contribution in [0, 0.1) is 17.8 Å². The number of hydrogen-bond acceptors (Lipinski definition) is 7. The molecule has 4 amide bonds. The molecule has 0 bridgehead atoms. The largest absolute Gasteiger partial charge is 0.379 e. The number of benzene rings is 1. The topological polar surface area (TPSA) is 127 Å². The fraction of sp³-hybridized carbons (Fsp3) is 0.737. The van der Waals surface area contributed by atoms with E-state index in [1.165, 1.54) is 0 Å². The minimum Gasteiger partial charge on any atom is -0.379 e. The molecule has 7 atom stereocenters. The van der Waals surface area contributed by atoms with Crippen molar-refractivity contribution in [2.24, 2.45) is 17.8 Å². The van der Waals surface area contributed by atoms with Gasteiger partial charge in [-0.25, -0.2) is 0 Å². The van der Waals surface area contributed by atoms with Gasteiger partial charge in [-0.3, -0.25) is 19.2 Å². The summed E-state index contributed by atoms with van der Waals surface area (Å²) < 4.78 is 17.4. The number of nitrogens with one attached hydrogen (secondary N) is 2. The van der Waals surface area contributed by atoms with Crippen LogP contribution in [0.2, 0.25) is 0 Å². The predicted molar refractivity (Wildman–Crippen MR) is 192 cm³/mol. The molecule has 0 saturated carbocycles. The van der Waals surface area contributed by atoms with Crippen molar-refractivity contribution in [3.63, 3.8) is 0 Å². The number of amides is 4. The van der Waals surface area contributed by atoms with E-state index >= 15 is 0 Å². The molecule has 1 fully saturated rings. The van der Waals surface area contributed by atoms with Crippen molar-refractivity contribution in [3.05, 3.63) is 35.9 Å². The molecular weight excluding hydrogens is 624 g/mol. The first-order valence-electron chi connectivity index (χ1n) is 18.1. The lowest BCUT2D eigenvalue weighted by atomic mass is 9.90. The summed E-state index contributed by atoms with van der Waals surface area (Å²) in [4.78, 5) is 57.7. The number of hydrogen-bond donors (Lipinski definition) is 2. The summed E-state index contributed by atoms with van der Waals surface area (Å²) in [6, 6.07) is 8.17. The van der Waals surface area contributed by atoms with E-state index in [4.69, 9.17) is 14.2 Å². The van der Waals surface area contributed by atoms with Crippen molar-refractivity contribution in [2.45, 2.75) is 123 Å². The van der Waals surface area contributed by atoms with Crippen LogP contribution < -0.4 is 10.6 Å². The Kier molecular flexibility index (Phi) is 18.3. The second-order valence-electron chi connectivity index (χ2n) is 14.2. The number of carbonyl (C=O) groups is 4. The summed E-state index contributed by atoms with van der Waals surface area (Å²) in [7, 11) is 4.96. The Morgan fingerprint density at radius 3 is 2.20 bits per heavy atom. The molecular formula is C38H64N4O7. The van der Waals surface area contributed by atoms with Crippen molar-refractivity contribution < 1.29 is 33.4 Å². The zero-order valence-electron chi connectivity index (χ0n) is 31.7. The molecule has 11 heteroatoms. The number of rotatable bonds is 21. The maximum Gasteiger partial charge on any atom is 0.243 e. The summed E-state index contributed by atoms with van der Waals surface area (Å²) >= 11 is 0. The molecule has 49 heavy (non-hydrogen) atoms. The first-order chi connectivity index (χ1) is 23.2. The van der Waals surface area contributed by atoms with E-state index in [2.05, 4.69) is 24.5 Å². The van der Waals surface area contributed by atoms with Gasteiger partial charge >= 0.3 is 0 Å². The van der Waals surface area contributed by atoms with Crippen LogP contribution in [0.1, 0.15) is 86.1 Å². The first-order valence-corrected chi connectivity index (χ1v) is 18.1. The fourth-order valence-corrected chi connectivity index (χ4v) is 6.77. The van der Waals surface area contributed by atoms with E-state index < -0.39 is 24.2 Å². The van der Waals surface area contributed by atoms with Crippen LogP contribution in [-0.2, 0) is 39.8 Å². The van der Waals surface area contributed by atoms with E-state index in [0.717, 1.165) is 18.4 Å². The number of nitrogens with zero attached hydrogens (tertiary/aromatic N) is 2. The third-order valence-corrected chi connectivity index (χ3v) is 9.66. The standard InChI is InChI=1S/C38H64N4O7/c1-11-27(6)35(41(8)33(43)22-25(2)3)32(47-9)24-34(44)42-20-15-18-31(42)36(48-10)28(7)37(45)40-30(23-29-16-13-12-14-17-29)38(46)39-19-21-49-26(4)5/h12-14,16-17,25-28,30-32,35-36H,11,15,18-24H2,1-10H3,(H,39,46)(H,40,45)/t27-,28+,30-,31-,32+,35?,36+/m0/s1. The highest BCUT2D eigenvalue weighted by atomic mass is 16.5. The maximum absolute atomic E-state index is 14.0. The van der Waals surface area contributed by atoms with Crippen molar-refractivity contribution in [1.29, 1.82) is 0 Å². The van der Waals surface area contributed by atoms with Crippen LogP contribution in [0.15, 0.2) is 30.3 Å². The molecule has 1 aromatic rings. The lowest BCUT2D eigenvalue weighted by molar-refractivity contribution is -0.146. The predicted octanol–water partition coefficient (Wildman–Crippen LogP) is 4.22. The number of likely N-dealkylation sites (N-methyl/N-ethyl adjacent to an activating group) is 1. The molecule has 0 aromatic heterocycles. The molecule has 2 rings (SSSR count). The summed E-state index contributed by atoms with van der Waals surface area (Å²) in [5.41, 5.74) is 0.921. The van der Waals surface area contributed by atoms with E-state index in [-0.39, 0.29) is 60.1 Å². The van der Waals surface area contributed by atoms with E-state index in [1.807, 2.05) is 70.0 Å². The van der Waals surface area contributed by atoms with Crippen LogP contribution in [-0.4, -0.2) is 111 Å². The van der Waals surface area contributed by atoms with Gasteiger partial charge in [-0.15, -0.1) is 0 Å². The second-order valence-corrected chi connectivity index (χ2v) is 14.2. The fourth-order valence-electron chi connectivity index (χ4n) is 6.77. The zero-order valence-corrected chi connectivity index (χ0v) is 31.7.